The van der Waals surface area contributed by atoms with Crippen LogP contribution in [0.15, 0.2) is 24.3 Å². The topological polar surface area (TPSA) is 50.4 Å². The van der Waals surface area contributed by atoms with Crippen LogP contribution in [0.4, 0.5) is 10.1 Å². The molecule has 0 spiro atoms. The fraction of sp³-hybridized carbons (Fsp3) is 0.333. The van der Waals surface area contributed by atoms with E-state index < -0.39 is 0 Å². The Bertz CT molecular complexity index is 426. The number of benzene rings is 1. The van der Waals surface area contributed by atoms with Crippen LogP contribution in [0.5, 0.6) is 0 Å². The second-order valence-corrected chi connectivity index (χ2v) is 3.98. The van der Waals surface area contributed by atoms with Crippen LogP contribution in [-0.4, -0.2) is 24.7 Å². The molecule has 0 radical (unpaired) electrons. The van der Waals surface area contributed by atoms with E-state index in [1.807, 2.05) is 0 Å². The Balaban J connectivity index is 2.24. The summed E-state index contributed by atoms with van der Waals surface area (Å²) >= 11 is 5.03. The molecule has 0 fully saturated rings. The number of halogens is 1. The van der Waals surface area contributed by atoms with Gasteiger partial charge in [0.25, 0.3) is 0 Å². The van der Waals surface area contributed by atoms with Crippen LogP contribution in [0, 0.1) is 5.82 Å². The Kier molecular flexibility index (Phi) is 6.07. The zero-order valence-corrected chi connectivity index (χ0v) is 10.8. The van der Waals surface area contributed by atoms with E-state index in [2.05, 4.69) is 15.4 Å². The Hall–Kier alpha value is -1.69. The lowest BCUT2D eigenvalue weighted by molar-refractivity contribution is -0.140. The molecular formula is C12H15FN2O2S. The number of hydrogen-bond donors (Lipinski definition) is 2. The van der Waals surface area contributed by atoms with E-state index in [4.69, 9.17) is 12.2 Å². The average Bonchev–Trinajstić information content (AvgIpc) is 2.34. The summed E-state index contributed by atoms with van der Waals surface area (Å²) in [5.74, 6) is -0.575. The second kappa shape index (κ2) is 7.60. The number of rotatable bonds is 5. The highest BCUT2D eigenvalue weighted by Crippen LogP contribution is 2.08. The van der Waals surface area contributed by atoms with Crippen molar-refractivity contribution >= 4 is 29.0 Å². The van der Waals surface area contributed by atoms with Gasteiger partial charge in [0.1, 0.15) is 5.82 Å². The number of carbonyl (C=O) groups is 1. The van der Waals surface area contributed by atoms with Crippen molar-refractivity contribution in [3.05, 3.63) is 30.1 Å². The first kappa shape index (κ1) is 14.4. The molecule has 18 heavy (non-hydrogen) atoms. The minimum atomic E-state index is -0.325. The van der Waals surface area contributed by atoms with Crippen LogP contribution in [0.3, 0.4) is 0 Å². The normalized spacial score (nSPS) is 9.67. The molecule has 0 unspecified atom stereocenters. The van der Waals surface area contributed by atoms with Crippen molar-refractivity contribution in [3.8, 4) is 0 Å². The molecule has 0 saturated heterocycles. The number of hydrogen-bond acceptors (Lipinski definition) is 3. The van der Waals surface area contributed by atoms with Crippen LogP contribution in [0.25, 0.3) is 0 Å². The Morgan fingerprint density at radius 1 is 1.50 bits per heavy atom. The molecule has 0 aromatic heterocycles. The number of methoxy groups -OCH3 is 1. The smallest absolute Gasteiger partial charge is 0.305 e. The Morgan fingerprint density at radius 3 is 2.94 bits per heavy atom. The molecule has 0 atom stereocenters. The van der Waals surface area contributed by atoms with Gasteiger partial charge in [-0.25, -0.2) is 4.39 Å². The van der Waals surface area contributed by atoms with Crippen molar-refractivity contribution in [3.63, 3.8) is 0 Å². The second-order valence-electron chi connectivity index (χ2n) is 3.57. The summed E-state index contributed by atoms with van der Waals surface area (Å²) in [6.07, 6.45) is 0.962. The zero-order chi connectivity index (χ0) is 13.4. The quantitative estimate of drug-likeness (QED) is 0.487. The van der Waals surface area contributed by atoms with Gasteiger partial charge < -0.3 is 15.4 Å². The molecule has 0 aliphatic rings. The number of nitrogens with one attached hydrogen (secondary N) is 2. The average molecular weight is 270 g/mol. The molecule has 0 aliphatic heterocycles. The van der Waals surface area contributed by atoms with Crippen LogP contribution in [0.2, 0.25) is 0 Å². The van der Waals surface area contributed by atoms with E-state index in [0.717, 1.165) is 0 Å². The van der Waals surface area contributed by atoms with E-state index in [0.29, 0.717) is 30.2 Å². The van der Waals surface area contributed by atoms with Crippen LogP contribution >= 0.6 is 12.2 Å². The summed E-state index contributed by atoms with van der Waals surface area (Å²) in [5, 5.41) is 6.16. The maximum atomic E-state index is 12.9. The van der Waals surface area contributed by atoms with Crippen molar-refractivity contribution in [2.75, 3.05) is 19.0 Å². The molecule has 0 heterocycles. The maximum absolute atomic E-state index is 12.9. The van der Waals surface area contributed by atoms with Gasteiger partial charge in [-0.1, -0.05) is 6.07 Å². The molecule has 98 valence electrons. The summed E-state index contributed by atoms with van der Waals surface area (Å²) in [6.45, 7) is 0.552. The van der Waals surface area contributed by atoms with Gasteiger partial charge in [-0.15, -0.1) is 0 Å². The SMILES string of the molecule is COC(=O)CCCNC(=S)Nc1cccc(F)c1. The zero-order valence-electron chi connectivity index (χ0n) is 10.0. The van der Waals surface area contributed by atoms with Crippen molar-refractivity contribution in [1.82, 2.24) is 5.32 Å². The monoisotopic (exact) mass is 270 g/mol. The minimum Gasteiger partial charge on any atom is -0.469 e. The van der Waals surface area contributed by atoms with Gasteiger partial charge in [0.15, 0.2) is 5.11 Å². The summed E-state index contributed by atoms with van der Waals surface area (Å²) in [6, 6.07) is 6.02. The highest BCUT2D eigenvalue weighted by Gasteiger charge is 2.01. The maximum Gasteiger partial charge on any atom is 0.305 e. The fourth-order valence-corrected chi connectivity index (χ4v) is 1.50. The van der Waals surface area contributed by atoms with Gasteiger partial charge in [0.2, 0.25) is 0 Å². The lowest BCUT2D eigenvalue weighted by Crippen LogP contribution is -2.29. The lowest BCUT2D eigenvalue weighted by Gasteiger charge is -2.10. The van der Waals surface area contributed by atoms with Crippen LogP contribution in [0.1, 0.15) is 12.8 Å². The molecule has 0 bridgehead atoms. The molecule has 4 nitrogen and oxygen atoms in total. The predicted molar refractivity (Wildman–Crippen MR) is 71.9 cm³/mol. The molecule has 0 aliphatic carbocycles. The van der Waals surface area contributed by atoms with Gasteiger partial charge in [-0.2, -0.15) is 0 Å². The van der Waals surface area contributed by atoms with Crippen LogP contribution in [-0.2, 0) is 9.53 Å². The lowest BCUT2D eigenvalue weighted by atomic mass is 10.3. The summed E-state index contributed by atoms with van der Waals surface area (Å²) < 4.78 is 17.4. The first-order valence-electron chi connectivity index (χ1n) is 5.49. The number of esters is 1. The first-order valence-corrected chi connectivity index (χ1v) is 5.90. The number of thiocarbonyl (C=S) groups is 1. The molecule has 0 amide bonds. The fourth-order valence-electron chi connectivity index (χ4n) is 1.28. The van der Waals surface area contributed by atoms with Gasteiger partial charge in [0, 0.05) is 18.7 Å². The molecule has 1 aromatic rings. The van der Waals surface area contributed by atoms with Gasteiger partial charge in [-0.05, 0) is 36.8 Å². The molecule has 6 heteroatoms. The highest BCUT2D eigenvalue weighted by molar-refractivity contribution is 7.80. The summed E-state index contributed by atoms with van der Waals surface area (Å²) in [4.78, 5) is 10.8. The molecule has 1 aromatic carbocycles. The van der Waals surface area contributed by atoms with Crippen molar-refractivity contribution in [2.45, 2.75) is 12.8 Å². The van der Waals surface area contributed by atoms with E-state index in [-0.39, 0.29) is 11.8 Å². The third kappa shape index (κ3) is 5.58. The number of ether oxygens (including phenoxy) is 1. The Morgan fingerprint density at radius 2 is 2.28 bits per heavy atom. The Labute approximate surface area is 111 Å². The van der Waals surface area contributed by atoms with E-state index >= 15 is 0 Å². The van der Waals surface area contributed by atoms with Gasteiger partial charge >= 0.3 is 5.97 Å². The molecule has 2 N–H and O–H groups in total. The highest BCUT2D eigenvalue weighted by atomic mass is 32.1. The summed E-state index contributed by atoms with van der Waals surface area (Å²) in [5.41, 5.74) is 0.584. The third-order valence-corrected chi connectivity index (χ3v) is 2.40. The van der Waals surface area contributed by atoms with E-state index in [1.54, 1.807) is 12.1 Å². The van der Waals surface area contributed by atoms with Crippen molar-refractivity contribution in [2.24, 2.45) is 0 Å². The van der Waals surface area contributed by atoms with E-state index in [1.165, 1.54) is 19.2 Å². The standard InChI is InChI=1S/C12H15FN2O2S/c1-17-11(16)6-3-7-14-12(18)15-10-5-2-4-9(13)8-10/h2,4-5,8H,3,6-7H2,1H3,(H2,14,15,18). The predicted octanol–water partition coefficient (Wildman–Crippen LogP) is 2.07. The van der Waals surface area contributed by atoms with E-state index in [9.17, 15) is 9.18 Å². The minimum absolute atomic E-state index is 0.249. The van der Waals surface area contributed by atoms with Gasteiger partial charge in [0.05, 0.1) is 7.11 Å². The third-order valence-electron chi connectivity index (χ3n) is 2.15. The number of anilines is 1. The summed E-state index contributed by atoms with van der Waals surface area (Å²) in [7, 11) is 1.35. The molecule has 1 rings (SSSR count). The first-order chi connectivity index (χ1) is 8.61. The van der Waals surface area contributed by atoms with Crippen LogP contribution < -0.4 is 10.6 Å². The van der Waals surface area contributed by atoms with Crippen molar-refractivity contribution < 1.29 is 13.9 Å². The number of carbonyl (C=O) groups excluding carboxylic acids is 1. The van der Waals surface area contributed by atoms with Gasteiger partial charge in [-0.3, -0.25) is 4.79 Å². The molecular weight excluding hydrogens is 255 g/mol. The molecule has 0 saturated carbocycles. The largest absolute Gasteiger partial charge is 0.469 e. The van der Waals surface area contributed by atoms with Crippen molar-refractivity contribution in [1.29, 1.82) is 0 Å².